The van der Waals surface area contributed by atoms with Crippen molar-refractivity contribution in [2.75, 3.05) is 12.3 Å². The van der Waals surface area contributed by atoms with E-state index in [1.807, 2.05) is 0 Å². The van der Waals surface area contributed by atoms with Crippen LogP contribution in [-0.4, -0.2) is 34.2 Å². The molecule has 0 aliphatic heterocycles. The second-order valence-electron chi connectivity index (χ2n) is 5.40. The summed E-state index contributed by atoms with van der Waals surface area (Å²) in [6.07, 6.45) is 0. The predicted molar refractivity (Wildman–Crippen MR) is 96.3 cm³/mol. The molecule has 2 aromatic carbocycles. The molecule has 0 radical (unpaired) electrons. The number of benzene rings is 2. The largest absolute Gasteiger partial charge is 0.480 e. The molecular weight excluding hydrogens is 398 g/mol. The smallest absolute Gasteiger partial charge is 0.323 e. The molecule has 2 rings (SSSR count). The highest BCUT2D eigenvalue weighted by Crippen LogP contribution is 2.29. The second kappa shape index (κ2) is 9.35. The predicted octanol–water partition coefficient (Wildman–Crippen LogP) is 3.70. The van der Waals surface area contributed by atoms with E-state index in [1.165, 1.54) is 30.3 Å². The van der Waals surface area contributed by atoms with Crippen LogP contribution in [0.5, 0.6) is 0 Å². The minimum absolute atomic E-state index is 0.0809. The van der Waals surface area contributed by atoms with E-state index in [9.17, 15) is 18.4 Å². The van der Waals surface area contributed by atoms with Crippen LogP contribution in [-0.2, 0) is 16.1 Å². The molecule has 0 aliphatic rings. The molecule has 2 aromatic rings. The molecule has 0 atom stereocenters. The molecule has 0 heterocycles. The molecule has 27 heavy (non-hydrogen) atoms. The quantitative estimate of drug-likeness (QED) is 0.704. The van der Waals surface area contributed by atoms with Crippen molar-refractivity contribution in [1.82, 2.24) is 4.90 Å². The number of halogens is 3. The number of rotatable bonds is 7. The van der Waals surface area contributed by atoms with Gasteiger partial charge < -0.3 is 10.0 Å². The van der Waals surface area contributed by atoms with Crippen LogP contribution in [0.4, 0.5) is 8.78 Å². The maximum atomic E-state index is 14.0. The Morgan fingerprint density at radius 2 is 1.96 bits per heavy atom. The summed E-state index contributed by atoms with van der Waals surface area (Å²) in [5.41, 5.74) is 0.195. The molecule has 0 saturated carbocycles. The molecular formula is C18H13ClF2N2O3S. The number of aliphatic carboxylic acids is 1. The summed E-state index contributed by atoms with van der Waals surface area (Å²) < 4.78 is 27.5. The van der Waals surface area contributed by atoms with Gasteiger partial charge in [-0.05, 0) is 24.3 Å². The maximum absolute atomic E-state index is 14.0. The third kappa shape index (κ3) is 5.67. The second-order valence-corrected chi connectivity index (χ2v) is 6.80. The number of thioether (sulfide) groups is 1. The first-order valence-electron chi connectivity index (χ1n) is 7.56. The van der Waals surface area contributed by atoms with Crippen LogP contribution >= 0.6 is 23.4 Å². The first-order chi connectivity index (χ1) is 12.8. The number of hydrogen-bond acceptors (Lipinski definition) is 4. The molecule has 0 aromatic heterocycles. The Bertz CT molecular complexity index is 918. The molecule has 1 amide bonds. The molecule has 0 aliphatic carbocycles. The van der Waals surface area contributed by atoms with Gasteiger partial charge in [0.25, 0.3) is 0 Å². The van der Waals surface area contributed by atoms with Crippen LogP contribution in [0.3, 0.4) is 0 Å². The third-order valence-electron chi connectivity index (χ3n) is 3.49. The first-order valence-corrected chi connectivity index (χ1v) is 8.93. The fraction of sp³-hybridized carbons (Fsp3) is 0.167. The zero-order valence-corrected chi connectivity index (χ0v) is 15.4. The van der Waals surface area contributed by atoms with Gasteiger partial charge >= 0.3 is 5.97 Å². The number of carboxylic acids is 1. The highest BCUT2D eigenvalue weighted by molar-refractivity contribution is 8.00. The van der Waals surface area contributed by atoms with Crippen molar-refractivity contribution in [3.8, 4) is 6.07 Å². The molecule has 0 bridgehead atoms. The van der Waals surface area contributed by atoms with Crippen molar-refractivity contribution in [2.45, 2.75) is 11.4 Å². The lowest BCUT2D eigenvalue weighted by molar-refractivity contribution is -0.143. The van der Waals surface area contributed by atoms with Gasteiger partial charge in [0.2, 0.25) is 5.91 Å². The Labute approximate surface area is 163 Å². The van der Waals surface area contributed by atoms with Gasteiger partial charge in [0.05, 0.1) is 22.4 Å². The van der Waals surface area contributed by atoms with Crippen LogP contribution in [0, 0.1) is 23.0 Å². The van der Waals surface area contributed by atoms with Crippen molar-refractivity contribution in [2.24, 2.45) is 0 Å². The van der Waals surface area contributed by atoms with E-state index in [0.29, 0.717) is 4.90 Å². The lowest BCUT2D eigenvalue weighted by atomic mass is 10.1. The van der Waals surface area contributed by atoms with Crippen LogP contribution in [0.25, 0.3) is 0 Å². The highest BCUT2D eigenvalue weighted by atomic mass is 35.5. The normalized spacial score (nSPS) is 10.3. The average molecular weight is 411 g/mol. The van der Waals surface area contributed by atoms with E-state index in [2.05, 4.69) is 0 Å². The molecule has 5 nitrogen and oxygen atoms in total. The van der Waals surface area contributed by atoms with E-state index < -0.39 is 30.1 Å². The van der Waals surface area contributed by atoms with Gasteiger partial charge in [0.15, 0.2) is 0 Å². The van der Waals surface area contributed by atoms with Gasteiger partial charge in [-0.2, -0.15) is 5.26 Å². The number of carbonyl (C=O) groups is 2. The number of nitriles is 1. The monoisotopic (exact) mass is 410 g/mol. The fourth-order valence-corrected chi connectivity index (χ4v) is 3.32. The van der Waals surface area contributed by atoms with Crippen molar-refractivity contribution >= 4 is 35.2 Å². The summed E-state index contributed by atoms with van der Waals surface area (Å²) in [6, 6.07) is 9.66. The van der Waals surface area contributed by atoms with Crippen LogP contribution < -0.4 is 0 Å². The Morgan fingerprint density at radius 1 is 1.22 bits per heavy atom. The summed E-state index contributed by atoms with van der Waals surface area (Å²) in [6.45, 7) is -0.907. The maximum Gasteiger partial charge on any atom is 0.323 e. The Morgan fingerprint density at radius 3 is 2.59 bits per heavy atom. The van der Waals surface area contributed by atoms with E-state index in [0.717, 1.165) is 22.7 Å². The first kappa shape index (κ1) is 20.7. The summed E-state index contributed by atoms with van der Waals surface area (Å²) in [5.74, 6) is -3.37. The number of carbonyl (C=O) groups excluding carboxylic acids is 1. The van der Waals surface area contributed by atoms with Crippen LogP contribution in [0.2, 0.25) is 5.02 Å². The van der Waals surface area contributed by atoms with Gasteiger partial charge in [-0.15, -0.1) is 11.8 Å². The van der Waals surface area contributed by atoms with E-state index in [4.69, 9.17) is 22.0 Å². The zero-order valence-electron chi connectivity index (χ0n) is 13.8. The van der Waals surface area contributed by atoms with Gasteiger partial charge in [0, 0.05) is 17.0 Å². The van der Waals surface area contributed by atoms with Crippen molar-refractivity contribution in [3.05, 3.63) is 64.2 Å². The third-order valence-corrected chi connectivity index (χ3v) is 5.03. The summed E-state index contributed by atoms with van der Waals surface area (Å²) in [4.78, 5) is 24.8. The molecule has 0 saturated heterocycles. The molecule has 140 valence electrons. The number of amides is 1. The highest BCUT2D eigenvalue weighted by Gasteiger charge is 2.20. The molecule has 0 spiro atoms. The zero-order chi connectivity index (χ0) is 20.0. The minimum atomic E-state index is -1.26. The topological polar surface area (TPSA) is 81.4 Å². The summed E-state index contributed by atoms with van der Waals surface area (Å²) in [5, 5.41) is 17.7. The SMILES string of the molecule is N#Cc1ccc(CN(CC(=O)O)C(=O)CSc2cccc(F)c2Cl)c(F)c1. The number of carboxylic acid groups (broad SMARTS) is 1. The Hall–Kier alpha value is -2.63. The van der Waals surface area contributed by atoms with E-state index in [1.54, 1.807) is 6.07 Å². The molecule has 1 N–H and O–H groups in total. The van der Waals surface area contributed by atoms with Gasteiger partial charge in [-0.25, -0.2) is 8.78 Å². The van der Waals surface area contributed by atoms with Crippen LogP contribution in [0.15, 0.2) is 41.3 Å². The van der Waals surface area contributed by atoms with Gasteiger partial charge in [0.1, 0.15) is 18.2 Å². The minimum Gasteiger partial charge on any atom is -0.480 e. The molecule has 9 heteroatoms. The molecule has 0 unspecified atom stereocenters. The van der Waals surface area contributed by atoms with Gasteiger partial charge in [-0.3, -0.25) is 9.59 Å². The Kier molecular flexibility index (Phi) is 7.16. The average Bonchev–Trinajstić information content (AvgIpc) is 2.63. The number of hydrogen-bond donors (Lipinski definition) is 1. The summed E-state index contributed by atoms with van der Waals surface area (Å²) >= 11 is 6.78. The lowest BCUT2D eigenvalue weighted by Crippen LogP contribution is -2.36. The molecule has 0 fully saturated rings. The standard InChI is InChI=1S/C18H13ClF2N2O3S/c19-18-13(20)2-1-3-15(18)27-10-16(24)23(9-17(25)26)8-12-5-4-11(7-22)6-14(12)21/h1-6H,8-10H2,(H,25,26). The summed E-state index contributed by atoms with van der Waals surface area (Å²) in [7, 11) is 0. The van der Waals surface area contributed by atoms with Crippen LogP contribution in [0.1, 0.15) is 11.1 Å². The van der Waals surface area contributed by atoms with Crippen molar-refractivity contribution < 1.29 is 23.5 Å². The van der Waals surface area contributed by atoms with E-state index in [-0.39, 0.29) is 28.4 Å². The number of nitrogens with zero attached hydrogens (tertiary/aromatic N) is 2. The van der Waals surface area contributed by atoms with Crippen molar-refractivity contribution in [1.29, 1.82) is 5.26 Å². The fourth-order valence-electron chi connectivity index (χ4n) is 2.17. The lowest BCUT2D eigenvalue weighted by Gasteiger charge is -2.21. The van der Waals surface area contributed by atoms with Gasteiger partial charge in [-0.1, -0.05) is 23.7 Å². The van der Waals surface area contributed by atoms with Crippen molar-refractivity contribution in [3.63, 3.8) is 0 Å². The van der Waals surface area contributed by atoms with E-state index >= 15 is 0 Å². The Balaban J connectivity index is 2.13.